The third-order valence-electron chi connectivity index (χ3n) is 6.84. The van der Waals surface area contributed by atoms with Crippen molar-refractivity contribution in [3.63, 3.8) is 0 Å². The Morgan fingerprint density at radius 1 is 0.950 bits per heavy atom. The van der Waals surface area contributed by atoms with Gasteiger partial charge in [0.2, 0.25) is 0 Å². The molecule has 1 atom stereocenters. The van der Waals surface area contributed by atoms with Gasteiger partial charge in [0, 0.05) is 25.8 Å². The van der Waals surface area contributed by atoms with Crippen LogP contribution in [0.1, 0.15) is 29.2 Å². The smallest absolute Gasteiger partial charge is 0.295 e. The van der Waals surface area contributed by atoms with Crippen molar-refractivity contribution in [2.45, 2.75) is 19.1 Å². The van der Waals surface area contributed by atoms with Crippen LogP contribution in [0, 0.1) is 0 Å². The maximum Gasteiger partial charge on any atom is 0.295 e. The zero-order valence-electron chi connectivity index (χ0n) is 22.4. The van der Waals surface area contributed by atoms with Gasteiger partial charge in [-0.2, -0.15) is 0 Å². The Morgan fingerprint density at radius 2 is 1.73 bits per heavy atom. The number of likely N-dealkylation sites (tertiary alicyclic amines) is 1. The fourth-order valence-electron chi connectivity index (χ4n) is 4.89. The quantitative estimate of drug-likeness (QED) is 0.172. The number of Topliss-reactive ketones (excluding diaryl/α,β-unsaturated/α-hetero) is 1. The molecule has 1 fully saturated rings. The number of hydrogen-bond donors (Lipinski definition) is 1. The van der Waals surface area contributed by atoms with Crippen LogP contribution < -0.4 is 18.9 Å². The number of carbonyl (C=O) groups excluding carboxylic acids is 2. The van der Waals surface area contributed by atoms with E-state index in [1.165, 1.54) is 12.0 Å². The second-order valence-corrected chi connectivity index (χ2v) is 9.38. The molecule has 1 N–H and O–H groups in total. The summed E-state index contributed by atoms with van der Waals surface area (Å²) in [7, 11) is 3.10. The molecule has 0 saturated carbocycles. The van der Waals surface area contributed by atoms with E-state index in [1.54, 1.807) is 43.5 Å². The summed E-state index contributed by atoms with van der Waals surface area (Å²) in [6.45, 7) is 1.82. The van der Waals surface area contributed by atoms with Crippen LogP contribution in [-0.4, -0.2) is 62.3 Å². The minimum atomic E-state index is -0.845. The Kier molecular flexibility index (Phi) is 8.21. The first-order chi connectivity index (χ1) is 19.5. The lowest BCUT2D eigenvalue weighted by molar-refractivity contribution is -0.140. The van der Waals surface area contributed by atoms with Gasteiger partial charge in [-0.3, -0.25) is 9.59 Å². The third kappa shape index (κ3) is 5.46. The van der Waals surface area contributed by atoms with Crippen molar-refractivity contribution in [1.82, 2.24) is 4.90 Å². The number of ketones is 1. The molecule has 9 heteroatoms. The molecule has 208 valence electrons. The number of aliphatic hydroxyl groups is 1. The van der Waals surface area contributed by atoms with Crippen LogP contribution in [0.2, 0.25) is 0 Å². The summed E-state index contributed by atoms with van der Waals surface area (Å²) >= 11 is 0. The predicted molar refractivity (Wildman–Crippen MR) is 147 cm³/mol. The van der Waals surface area contributed by atoms with Gasteiger partial charge in [-0.25, -0.2) is 0 Å². The minimum absolute atomic E-state index is 0.0147. The number of rotatable bonds is 10. The van der Waals surface area contributed by atoms with E-state index >= 15 is 0 Å². The van der Waals surface area contributed by atoms with Crippen molar-refractivity contribution in [3.8, 4) is 23.0 Å². The topological polar surface area (TPSA) is 104 Å². The van der Waals surface area contributed by atoms with Gasteiger partial charge < -0.3 is 33.7 Å². The summed E-state index contributed by atoms with van der Waals surface area (Å²) in [5, 5.41) is 11.4. The van der Waals surface area contributed by atoms with Crippen LogP contribution in [0.4, 0.5) is 0 Å². The van der Waals surface area contributed by atoms with E-state index in [1.807, 2.05) is 30.3 Å². The first kappa shape index (κ1) is 27.1. The van der Waals surface area contributed by atoms with Crippen LogP contribution in [-0.2, 0) is 20.9 Å². The van der Waals surface area contributed by atoms with E-state index in [2.05, 4.69) is 0 Å². The molecule has 5 rings (SSSR count). The standard InChI is InChI=1S/C31H31NO8/c1-36-14-6-13-32-28(21-9-11-23(25(17-21)37-2)40-19-20-7-4-3-5-8-20)27(30(34)31(32)35)29(33)22-10-12-24-26(18-22)39-16-15-38-24/h3-5,7-12,17-18,28,33H,6,13-16,19H2,1-2H3. The number of methoxy groups -OCH3 is 2. The van der Waals surface area contributed by atoms with Crippen molar-refractivity contribution in [2.24, 2.45) is 0 Å². The molecule has 0 radical (unpaired) electrons. The highest BCUT2D eigenvalue weighted by Crippen LogP contribution is 2.43. The van der Waals surface area contributed by atoms with Crippen LogP contribution in [0.3, 0.4) is 0 Å². The Balaban J connectivity index is 1.53. The molecule has 0 spiro atoms. The molecule has 1 saturated heterocycles. The van der Waals surface area contributed by atoms with Gasteiger partial charge in [0.05, 0.1) is 18.7 Å². The van der Waals surface area contributed by atoms with Gasteiger partial charge in [0.15, 0.2) is 23.0 Å². The van der Waals surface area contributed by atoms with E-state index in [0.29, 0.717) is 67.0 Å². The van der Waals surface area contributed by atoms with Gasteiger partial charge in [0.25, 0.3) is 11.7 Å². The molecule has 0 aliphatic carbocycles. The number of carbonyl (C=O) groups is 2. The number of amides is 1. The second-order valence-electron chi connectivity index (χ2n) is 9.38. The van der Waals surface area contributed by atoms with Gasteiger partial charge in [-0.1, -0.05) is 36.4 Å². The van der Waals surface area contributed by atoms with Gasteiger partial charge >= 0.3 is 0 Å². The monoisotopic (exact) mass is 545 g/mol. The normalized spacial score (nSPS) is 17.6. The highest BCUT2D eigenvalue weighted by Gasteiger charge is 2.46. The molecule has 0 bridgehead atoms. The van der Waals surface area contributed by atoms with Crippen molar-refractivity contribution in [2.75, 3.05) is 40.6 Å². The van der Waals surface area contributed by atoms with Gasteiger partial charge in [-0.15, -0.1) is 0 Å². The molecule has 2 aliphatic heterocycles. The number of fused-ring (bicyclic) bond motifs is 1. The highest BCUT2D eigenvalue weighted by atomic mass is 16.6. The Morgan fingerprint density at radius 3 is 2.48 bits per heavy atom. The van der Waals surface area contributed by atoms with Crippen LogP contribution in [0.15, 0.2) is 72.3 Å². The number of nitrogens with zero attached hydrogens (tertiary/aromatic N) is 1. The molecule has 1 amide bonds. The lowest BCUT2D eigenvalue weighted by Gasteiger charge is -2.26. The molecule has 9 nitrogen and oxygen atoms in total. The average Bonchev–Trinajstić information content (AvgIpc) is 3.25. The van der Waals surface area contributed by atoms with Crippen molar-refractivity contribution in [1.29, 1.82) is 0 Å². The zero-order valence-corrected chi connectivity index (χ0v) is 22.4. The van der Waals surface area contributed by atoms with E-state index in [4.69, 9.17) is 23.7 Å². The molecule has 2 aliphatic rings. The van der Waals surface area contributed by atoms with Gasteiger partial charge in [0.1, 0.15) is 25.6 Å². The minimum Gasteiger partial charge on any atom is -0.507 e. The van der Waals surface area contributed by atoms with Crippen LogP contribution in [0.25, 0.3) is 5.76 Å². The first-order valence-corrected chi connectivity index (χ1v) is 13.0. The highest BCUT2D eigenvalue weighted by molar-refractivity contribution is 6.46. The summed E-state index contributed by atoms with van der Waals surface area (Å²) in [5.74, 6) is 0.214. The van der Waals surface area contributed by atoms with Crippen LogP contribution >= 0.6 is 0 Å². The van der Waals surface area contributed by atoms with Crippen molar-refractivity contribution >= 4 is 17.4 Å². The lowest BCUT2D eigenvalue weighted by atomic mass is 9.94. The molecule has 2 heterocycles. The predicted octanol–water partition coefficient (Wildman–Crippen LogP) is 4.50. The molecule has 3 aromatic rings. The van der Waals surface area contributed by atoms with E-state index in [0.717, 1.165) is 5.56 Å². The Hall–Kier alpha value is -4.50. The molecule has 3 aromatic carbocycles. The maximum absolute atomic E-state index is 13.4. The molecule has 1 unspecified atom stereocenters. The van der Waals surface area contributed by atoms with Crippen molar-refractivity contribution in [3.05, 3.63) is 89.0 Å². The number of hydrogen-bond acceptors (Lipinski definition) is 8. The summed E-state index contributed by atoms with van der Waals surface area (Å²) in [4.78, 5) is 28.1. The summed E-state index contributed by atoms with van der Waals surface area (Å²) < 4.78 is 28.0. The Bertz CT molecular complexity index is 1420. The fourth-order valence-corrected chi connectivity index (χ4v) is 4.89. The average molecular weight is 546 g/mol. The molecular weight excluding hydrogens is 514 g/mol. The number of benzene rings is 3. The number of ether oxygens (including phenoxy) is 5. The zero-order chi connectivity index (χ0) is 28.1. The SMILES string of the molecule is COCCCN1C(=O)C(=O)C(=C(O)c2ccc3c(c2)OCCO3)C1c1ccc(OCc2ccccc2)c(OC)c1. The second kappa shape index (κ2) is 12.1. The molecule has 40 heavy (non-hydrogen) atoms. The van der Waals surface area contributed by atoms with Crippen LogP contribution in [0.5, 0.6) is 23.0 Å². The summed E-state index contributed by atoms with van der Waals surface area (Å²) in [6.07, 6.45) is 0.513. The fraction of sp³-hybridized carbons (Fsp3) is 0.290. The molecular formula is C31H31NO8. The van der Waals surface area contributed by atoms with E-state index < -0.39 is 17.7 Å². The first-order valence-electron chi connectivity index (χ1n) is 13.0. The summed E-state index contributed by atoms with van der Waals surface area (Å²) in [5.41, 5.74) is 1.93. The lowest BCUT2D eigenvalue weighted by Crippen LogP contribution is -2.31. The third-order valence-corrected chi connectivity index (χ3v) is 6.84. The Labute approximate surface area is 232 Å². The maximum atomic E-state index is 13.4. The van der Waals surface area contributed by atoms with Crippen molar-refractivity contribution < 1.29 is 38.4 Å². The van der Waals surface area contributed by atoms with E-state index in [9.17, 15) is 14.7 Å². The van der Waals surface area contributed by atoms with E-state index in [-0.39, 0.29) is 17.9 Å². The largest absolute Gasteiger partial charge is 0.507 e. The summed E-state index contributed by atoms with van der Waals surface area (Å²) in [6, 6.07) is 19.1. The molecule has 0 aromatic heterocycles. The van der Waals surface area contributed by atoms with Gasteiger partial charge in [-0.05, 0) is 47.9 Å². The number of aliphatic hydroxyl groups excluding tert-OH is 1.